The number of nitrogens with zero attached hydrogens (tertiary/aromatic N) is 3. The molecule has 2 aliphatic heterocycles. The van der Waals surface area contributed by atoms with E-state index in [1.807, 2.05) is 0 Å². The van der Waals surface area contributed by atoms with E-state index in [-0.39, 0.29) is 0 Å². The van der Waals surface area contributed by atoms with Crippen molar-refractivity contribution in [3.63, 3.8) is 0 Å². The number of piperazine rings is 1. The Kier molecular flexibility index (Phi) is 4.31. The van der Waals surface area contributed by atoms with Gasteiger partial charge in [-0.05, 0) is 32.1 Å². The average molecular weight is 288 g/mol. The number of fused-ring (bicyclic) bond motifs is 1. The Labute approximate surface area is 128 Å². The first-order chi connectivity index (χ1) is 10.1. The summed E-state index contributed by atoms with van der Waals surface area (Å²) in [7, 11) is 4.43. The van der Waals surface area contributed by atoms with Crippen LogP contribution in [0, 0.1) is 6.92 Å². The topological polar surface area (TPSA) is 35.7 Å². The van der Waals surface area contributed by atoms with Crippen LogP contribution in [0.3, 0.4) is 0 Å². The molecule has 0 amide bonds. The first kappa shape index (κ1) is 15.0. The molecular formula is C17H28N4. The summed E-state index contributed by atoms with van der Waals surface area (Å²) in [6, 6.07) is 7.81. The highest BCUT2D eigenvalue weighted by molar-refractivity contribution is 5.38. The van der Waals surface area contributed by atoms with Crippen LogP contribution in [0.5, 0.6) is 0 Å². The van der Waals surface area contributed by atoms with E-state index in [9.17, 15) is 0 Å². The third kappa shape index (κ3) is 2.86. The maximum atomic E-state index is 6.04. The van der Waals surface area contributed by atoms with Gasteiger partial charge in [-0.25, -0.2) is 0 Å². The molecule has 4 nitrogen and oxygen atoms in total. The van der Waals surface area contributed by atoms with Crippen LogP contribution in [0.15, 0.2) is 18.2 Å². The molecule has 0 radical (unpaired) electrons. The van der Waals surface area contributed by atoms with Crippen molar-refractivity contribution in [1.29, 1.82) is 0 Å². The lowest BCUT2D eigenvalue weighted by atomic mass is 9.87. The lowest BCUT2D eigenvalue weighted by molar-refractivity contribution is 0.0700. The van der Waals surface area contributed by atoms with Crippen LogP contribution in [0.2, 0.25) is 0 Å². The lowest BCUT2D eigenvalue weighted by Crippen LogP contribution is -2.51. The Bertz CT molecular complexity index is 494. The van der Waals surface area contributed by atoms with E-state index in [1.165, 1.54) is 29.8 Å². The monoisotopic (exact) mass is 288 g/mol. The number of benzene rings is 1. The maximum Gasteiger partial charge on any atom is 0.0479 e. The van der Waals surface area contributed by atoms with Crippen molar-refractivity contribution in [1.82, 2.24) is 14.7 Å². The van der Waals surface area contributed by atoms with Gasteiger partial charge in [-0.2, -0.15) is 0 Å². The number of hydrogen-bond acceptors (Lipinski definition) is 4. The molecule has 116 valence electrons. The summed E-state index contributed by atoms with van der Waals surface area (Å²) in [4.78, 5) is 7.50. The van der Waals surface area contributed by atoms with Crippen LogP contribution < -0.4 is 5.73 Å². The molecule has 2 N–H and O–H groups in total. The highest BCUT2D eigenvalue weighted by Gasteiger charge is 2.34. The average Bonchev–Trinajstić information content (AvgIpc) is 2.47. The van der Waals surface area contributed by atoms with Crippen LogP contribution in [0.4, 0.5) is 0 Å². The predicted octanol–water partition coefficient (Wildman–Crippen LogP) is 1.23. The summed E-state index contributed by atoms with van der Waals surface area (Å²) < 4.78 is 0. The highest BCUT2D eigenvalue weighted by atomic mass is 15.3. The quantitative estimate of drug-likeness (QED) is 0.888. The van der Waals surface area contributed by atoms with Crippen LogP contribution in [0.25, 0.3) is 0 Å². The van der Waals surface area contributed by atoms with Crippen LogP contribution in [-0.2, 0) is 0 Å². The minimum absolute atomic E-state index is 0.364. The number of nitrogens with two attached hydrogens (primary N) is 1. The molecular weight excluding hydrogens is 260 g/mol. The predicted molar refractivity (Wildman–Crippen MR) is 87.4 cm³/mol. The lowest BCUT2D eigenvalue weighted by Gasteiger charge is -2.45. The van der Waals surface area contributed by atoms with Gasteiger partial charge in [0.2, 0.25) is 0 Å². The summed E-state index contributed by atoms with van der Waals surface area (Å²) in [5.41, 5.74) is 10.3. The number of hydrogen-bond donors (Lipinski definition) is 1. The molecule has 21 heavy (non-hydrogen) atoms. The van der Waals surface area contributed by atoms with Crippen molar-refractivity contribution in [3.05, 3.63) is 34.9 Å². The van der Waals surface area contributed by atoms with Gasteiger partial charge in [0.25, 0.3) is 0 Å². The minimum atomic E-state index is 0.364. The smallest absolute Gasteiger partial charge is 0.0479 e. The second-order valence-electron chi connectivity index (χ2n) is 6.68. The zero-order valence-corrected chi connectivity index (χ0v) is 13.5. The first-order valence-electron chi connectivity index (χ1n) is 8.03. The van der Waals surface area contributed by atoms with Gasteiger partial charge in [-0.3, -0.25) is 9.80 Å². The van der Waals surface area contributed by atoms with Gasteiger partial charge in [0.05, 0.1) is 0 Å². The molecule has 0 bridgehead atoms. The zero-order valence-electron chi connectivity index (χ0n) is 13.5. The van der Waals surface area contributed by atoms with Gasteiger partial charge >= 0.3 is 0 Å². The van der Waals surface area contributed by atoms with Crippen molar-refractivity contribution in [2.45, 2.75) is 19.0 Å². The first-order valence-corrected chi connectivity index (χ1v) is 8.03. The molecule has 2 heterocycles. The molecule has 2 aliphatic rings. The second kappa shape index (κ2) is 6.05. The van der Waals surface area contributed by atoms with Crippen LogP contribution in [0.1, 0.15) is 28.8 Å². The second-order valence-corrected chi connectivity index (χ2v) is 6.68. The molecule has 3 rings (SSSR count). The van der Waals surface area contributed by atoms with Gasteiger partial charge in [-0.1, -0.05) is 23.8 Å². The standard InChI is InChI=1S/C17H28N4/c1-13-4-5-14-15(10-13)16(11-18)20(3)12-17(14)21-8-6-19(2)7-9-21/h4-5,10,16-17H,6-9,11-12,18H2,1-3H3. The highest BCUT2D eigenvalue weighted by Crippen LogP contribution is 2.37. The fraction of sp³-hybridized carbons (Fsp3) is 0.647. The van der Waals surface area contributed by atoms with Crippen molar-refractivity contribution < 1.29 is 0 Å². The maximum absolute atomic E-state index is 6.04. The fourth-order valence-electron chi connectivity index (χ4n) is 3.77. The summed E-state index contributed by atoms with van der Waals surface area (Å²) in [5.74, 6) is 0. The number of likely N-dealkylation sites (N-methyl/N-ethyl adjacent to an activating group) is 2. The van der Waals surface area contributed by atoms with Gasteiger partial charge in [0.1, 0.15) is 0 Å². The van der Waals surface area contributed by atoms with Gasteiger partial charge in [-0.15, -0.1) is 0 Å². The Hall–Kier alpha value is -0.940. The largest absolute Gasteiger partial charge is 0.329 e. The van der Waals surface area contributed by atoms with E-state index < -0.39 is 0 Å². The van der Waals surface area contributed by atoms with Gasteiger partial charge in [0, 0.05) is 51.4 Å². The Balaban J connectivity index is 1.92. The van der Waals surface area contributed by atoms with Gasteiger partial charge < -0.3 is 10.6 Å². The Morgan fingerprint density at radius 2 is 1.81 bits per heavy atom. The van der Waals surface area contributed by atoms with Crippen LogP contribution in [-0.4, -0.2) is 68.1 Å². The molecule has 0 saturated carbocycles. The van der Waals surface area contributed by atoms with Crippen molar-refractivity contribution >= 4 is 0 Å². The minimum Gasteiger partial charge on any atom is -0.329 e. The van der Waals surface area contributed by atoms with Gasteiger partial charge in [0.15, 0.2) is 0 Å². The number of aryl methyl sites for hydroxylation is 1. The van der Waals surface area contributed by atoms with Crippen molar-refractivity contribution in [2.24, 2.45) is 5.73 Å². The third-order valence-electron chi connectivity index (χ3n) is 5.16. The Morgan fingerprint density at radius 3 is 2.48 bits per heavy atom. The molecule has 1 aromatic carbocycles. The fourth-order valence-corrected chi connectivity index (χ4v) is 3.77. The summed E-state index contributed by atoms with van der Waals surface area (Å²) in [5, 5.41) is 0. The van der Waals surface area contributed by atoms with E-state index in [4.69, 9.17) is 5.73 Å². The van der Waals surface area contributed by atoms with E-state index >= 15 is 0 Å². The molecule has 2 atom stereocenters. The molecule has 0 aliphatic carbocycles. The third-order valence-corrected chi connectivity index (χ3v) is 5.16. The van der Waals surface area contributed by atoms with E-state index in [2.05, 4.69) is 53.9 Å². The molecule has 1 saturated heterocycles. The van der Waals surface area contributed by atoms with Crippen molar-refractivity contribution in [2.75, 3.05) is 53.4 Å². The molecule has 1 aromatic rings. The summed E-state index contributed by atoms with van der Waals surface area (Å²) in [6.45, 7) is 8.62. The summed E-state index contributed by atoms with van der Waals surface area (Å²) in [6.07, 6.45) is 0. The zero-order chi connectivity index (χ0) is 15.0. The molecule has 0 aromatic heterocycles. The normalized spacial score (nSPS) is 28.6. The van der Waals surface area contributed by atoms with Crippen LogP contribution >= 0.6 is 0 Å². The van der Waals surface area contributed by atoms with Crippen molar-refractivity contribution in [3.8, 4) is 0 Å². The Morgan fingerprint density at radius 1 is 1.10 bits per heavy atom. The van der Waals surface area contributed by atoms with E-state index in [1.54, 1.807) is 0 Å². The van der Waals surface area contributed by atoms with E-state index in [0.29, 0.717) is 18.6 Å². The van der Waals surface area contributed by atoms with E-state index in [0.717, 1.165) is 19.6 Å². The molecule has 0 spiro atoms. The summed E-state index contributed by atoms with van der Waals surface area (Å²) >= 11 is 0. The molecule has 1 fully saturated rings. The molecule has 4 heteroatoms. The number of rotatable bonds is 2. The SMILES string of the molecule is Cc1ccc2c(c1)C(CN)N(C)CC2N1CCN(C)CC1. The molecule has 2 unspecified atom stereocenters.